The molecule has 0 atom stereocenters. The lowest BCUT2D eigenvalue weighted by Crippen LogP contribution is -2.30. The van der Waals surface area contributed by atoms with Gasteiger partial charge in [0.2, 0.25) is 0 Å². The maximum Gasteiger partial charge on any atom is 0.329 e. The third-order valence-corrected chi connectivity index (χ3v) is 5.96. The molecule has 7 heteroatoms. The van der Waals surface area contributed by atoms with Crippen molar-refractivity contribution in [2.75, 3.05) is 0 Å². The Bertz CT molecular complexity index is 1470. The Labute approximate surface area is 202 Å². The fourth-order valence-electron chi connectivity index (χ4n) is 4.07. The summed E-state index contributed by atoms with van der Waals surface area (Å²) in [5.41, 5.74) is 4.39. The van der Waals surface area contributed by atoms with E-state index in [0.717, 1.165) is 21.6 Å². The number of benzene rings is 3. The maximum atomic E-state index is 13.4. The smallest absolute Gasteiger partial charge is 0.303 e. The lowest BCUT2D eigenvalue weighted by molar-refractivity contribution is -0.123. The molecule has 3 aromatic carbocycles. The van der Waals surface area contributed by atoms with Crippen molar-refractivity contribution < 1.29 is 9.59 Å². The zero-order valence-electron chi connectivity index (χ0n) is 19.2. The number of imide groups is 1. The van der Waals surface area contributed by atoms with Crippen LogP contribution in [0.25, 0.3) is 11.8 Å². The Balaban J connectivity index is 1.51. The first-order valence-electron chi connectivity index (χ1n) is 11.3. The standard InChI is InChI=1S/C28H24N4O3/c1-19-12-14-21(15-13-19)18-31-27(34)25(29-28(31)35)17-23-24(16-20-8-4-2-5-9-20)30-32(26(23)33)22-10-6-3-7-11-22/h2-15,17,30H,16,18H2,1H3,(H,29,35). The summed E-state index contributed by atoms with van der Waals surface area (Å²) in [6.45, 7) is 2.13. The monoisotopic (exact) mass is 464 g/mol. The minimum atomic E-state index is -0.509. The molecule has 0 aliphatic carbocycles. The molecule has 1 aliphatic rings. The van der Waals surface area contributed by atoms with Gasteiger partial charge in [0.15, 0.2) is 0 Å². The summed E-state index contributed by atoms with van der Waals surface area (Å²) in [6, 6.07) is 26.1. The molecule has 0 radical (unpaired) electrons. The van der Waals surface area contributed by atoms with Gasteiger partial charge < -0.3 is 5.32 Å². The van der Waals surface area contributed by atoms with Gasteiger partial charge in [-0.05, 0) is 36.3 Å². The van der Waals surface area contributed by atoms with Gasteiger partial charge in [0.1, 0.15) is 5.70 Å². The summed E-state index contributed by atoms with van der Waals surface area (Å²) in [5.74, 6) is -0.465. The van der Waals surface area contributed by atoms with E-state index in [1.165, 1.54) is 10.8 Å². The highest BCUT2D eigenvalue weighted by Gasteiger charge is 2.34. The van der Waals surface area contributed by atoms with Crippen molar-refractivity contribution in [1.29, 1.82) is 0 Å². The second kappa shape index (κ2) is 9.30. The van der Waals surface area contributed by atoms with Crippen LogP contribution in [0.3, 0.4) is 0 Å². The van der Waals surface area contributed by atoms with E-state index in [-0.39, 0.29) is 17.8 Å². The van der Waals surface area contributed by atoms with Crippen molar-refractivity contribution in [3.63, 3.8) is 0 Å². The lowest BCUT2D eigenvalue weighted by atomic mass is 10.1. The first-order chi connectivity index (χ1) is 17.0. The van der Waals surface area contributed by atoms with E-state index < -0.39 is 11.9 Å². The van der Waals surface area contributed by atoms with Crippen LogP contribution in [-0.4, -0.2) is 26.6 Å². The number of urea groups is 1. The number of amides is 3. The third kappa shape index (κ3) is 4.56. The number of nitrogens with one attached hydrogen (secondary N) is 2. The van der Waals surface area contributed by atoms with E-state index in [9.17, 15) is 14.4 Å². The fourth-order valence-corrected chi connectivity index (χ4v) is 4.07. The first kappa shape index (κ1) is 22.2. The molecule has 7 nitrogen and oxygen atoms in total. The number of aromatic nitrogens is 2. The molecule has 0 spiro atoms. The van der Waals surface area contributed by atoms with E-state index in [4.69, 9.17) is 0 Å². The van der Waals surface area contributed by atoms with Crippen LogP contribution < -0.4 is 10.9 Å². The number of para-hydroxylation sites is 1. The number of rotatable bonds is 6. The summed E-state index contributed by atoms with van der Waals surface area (Å²) in [6.07, 6.45) is 1.94. The minimum absolute atomic E-state index is 0.0766. The molecule has 2 N–H and O–H groups in total. The largest absolute Gasteiger partial charge is 0.329 e. The van der Waals surface area contributed by atoms with Gasteiger partial charge in [-0.3, -0.25) is 19.6 Å². The normalized spacial score (nSPS) is 14.5. The zero-order chi connectivity index (χ0) is 24.4. The van der Waals surface area contributed by atoms with E-state index in [1.54, 1.807) is 0 Å². The highest BCUT2D eigenvalue weighted by Crippen LogP contribution is 2.19. The number of aromatic amines is 1. The van der Waals surface area contributed by atoms with Crippen molar-refractivity contribution in [2.24, 2.45) is 0 Å². The Morgan fingerprint density at radius 2 is 1.46 bits per heavy atom. The molecule has 3 amide bonds. The Morgan fingerprint density at radius 1 is 0.800 bits per heavy atom. The van der Waals surface area contributed by atoms with Gasteiger partial charge in [0.25, 0.3) is 11.5 Å². The topological polar surface area (TPSA) is 87.2 Å². The van der Waals surface area contributed by atoms with Crippen LogP contribution in [-0.2, 0) is 17.8 Å². The number of aryl methyl sites for hydroxylation is 1. The second-order valence-corrected chi connectivity index (χ2v) is 8.51. The van der Waals surface area contributed by atoms with Gasteiger partial charge in [0, 0.05) is 12.1 Å². The molecule has 0 saturated carbocycles. The average molecular weight is 465 g/mol. The molecule has 0 unspecified atom stereocenters. The van der Waals surface area contributed by atoms with E-state index in [0.29, 0.717) is 23.4 Å². The van der Waals surface area contributed by atoms with Crippen molar-refractivity contribution >= 4 is 18.0 Å². The van der Waals surface area contributed by atoms with Crippen LogP contribution >= 0.6 is 0 Å². The van der Waals surface area contributed by atoms with Gasteiger partial charge in [0.05, 0.1) is 17.8 Å². The number of nitrogens with zero attached hydrogens (tertiary/aromatic N) is 2. The summed E-state index contributed by atoms with van der Waals surface area (Å²) in [4.78, 5) is 40.3. The van der Waals surface area contributed by atoms with E-state index in [2.05, 4.69) is 10.4 Å². The second-order valence-electron chi connectivity index (χ2n) is 8.51. The van der Waals surface area contributed by atoms with Crippen LogP contribution in [0.2, 0.25) is 0 Å². The zero-order valence-corrected chi connectivity index (χ0v) is 19.2. The Hall–Kier alpha value is -4.65. The molecular formula is C28H24N4O3. The minimum Gasteiger partial charge on any atom is -0.303 e. The molecular weight excluding hydrogens is 440 g/mol. The summed E-state index contributed by atoms with van der Waals surface area (Å²) in [5, 5.41) is 5.83. The van der Waals surface area contributed by atoms with Crippen molar-refractivity contribution in [2.45, 2.75) is 19.9 Å². The van der Waals surface area contributed by atoms with Gasteiger partial charge in [-0.25, -0.2) is 9.48 Å². The van der Waals surface area contributed by atoms with Gasteiger partial charge >= 0.3 is 6.03 Å². The summed E-state index contributed by atoms with van der Waals surface area (Å²) >= 11 is 0. The van der Waals surface area contributed by atoms with Gasteiger partial charge in [-0.2, -0.15) is 0 Å². The first-order valence-corrected chi connectivity index (χ1v) is 11.3. The molecule has 1 aromatic heterocycles. The van der Waals surface area contributed by atoms with Crippen LogP contribution in [0, 0.1) is 6.92 Å². The predicted molar refractivity (Wildman–Crippen MR) is 134 cm³/mol. The molecule has 5 rings (SSSR count). The van der Waals surface area contributed by atoms with E-state index in [1.807, 2.05) is 91.9 Å². The van der Waals surface area contributed by atoms with Crippen molar-refractivity contribution in [3.05, 3.63) is 129 Å². The Kier molecular flexibility index (Phi) is 5.89. The SMILES string of the molecule is Cc1ccc(CN2C(=O)NC(=Cc3c(Cc4ccccc4)[nH]n(-c4ccccc4)c3=O)C2=O)cc1. The molecule has 0 bridgehead atoms. The maximum absolute atomic E-state index is 13.4. The van der Waals surface area contributed by atoms with Crippen LogP contribution in [0.15, 0.2) is 95.4 Å². The quantitative estimate of drug-likeness (QED) is 0.332. The molecule has 1 saturated heterocycles. The molecule has 1 aliphatic heterocycles. The summed E-state index contributed by atoms with van der Waals surface area (Å²) < 4.78 is 1.45. The molecule has 1 fully saturated rings. The lowest BCUT2D eigenvalue weighted by Gasteiger charge is -2.11. The van der Waals surface area contributed by atoms with Gasteiger partial charge in [-0.15, -0.1) is 0 Å². The fraction of sp³-hybridized carbons (Fsp3) is 0.107. The van der Waals surface area contributed by atoms with Crippen molar-refractivity contribution in [1.82, 2.24) is 20.0 Å². The average Bonchev–Trinajstić information content (AvgIpc) is 3.32. The molecule has 4 aromatic rings. The van der Waals surface area contributed by atoms with Crippen LogP contribution in [0.5, 0.6) is 0 Å². The highest BCUT2D eigenvalue weighted by atomic mass is 16.2. The predicted octanol–water partition coefficient (Wildman–Crippen LogP) is 4.16. The molecule has 174 valence electrons. The number of hydrogen-bond acceptors (Lipinski definition) is 3. The third-order valence-electron chi connectivity index (χ3n) is 5.96. The highest BCUT2D eigenvalue weighted by molar-refractivity contribution is 6.13. The number of carbonyl (C=O) groups excluding carboxylic acids is 2. The van der Waals surface area contributed by atoms with Crippen molar-refractivity contribution in [3.8, 4) is 5.69 Å². The summed E-state index contributed by atoms with van der Waals surface area (Å²) in [7, 11) is 0. The van der Waals surface area contributed by atoms with Crippen LogP contribution in [0.1, 0.15) is 27.9 Å². The number of carbonyl (C=O) groups is 2. The molecule has 35 heavy (non-hydrogen) atoms. The van der Waals surface area contributed by atoms with E-state index >= 15 is 0 Å². The number of hydrogen-bond donors (Lipinski definition) is 2. The van der Waals surface area contributed by atoms with Crippen LogP contribution in [0.4, 0.5) is 4.79 Å². The molecule has 2 heterocycles. The number of H-pyrrole nitrogens is 1. The van der Waals surface area contributed by atoms with Gasteiger partial charge in [-0.1, -0.05) is 78.4 Å². The Morgan fingerprint density at radius 3 is 2.14 bits per heavy atom.